The van der Waals surface area contributed by atoms with E-state index in [-0.39, 0.29) is 17.9 Å². The van der Waals surface area contributed by atoms with Crippen LogP contribution in [0.15, 0.2) is 43.0 Å². The van der Waals surface area contributed by atoms with E-state index in [0.717, 1.165) is 18.5 Å². The molecule has 0 spiro atoms. The Kier molecular flexibility index (Phi) is 6.20. The minimum Gasteiger partial charge on any atom is -0.450 e. The summed E-state index contributed by atoms with van der Waals surface area (Å²) in [6.45, 7) is 7.39. The Labute approximate surface area is 137 Å². The molecular formula is C18H24N2O3. The van der Waals surface area contributed by atoms with Crippen LogP contribution in [-0.4, -0.2) is 43.1 Å². The molecule has 5 nitrogen and oxygen atoms in total. The maximum absolute atomic E-state index is 12.9. The smallest absolute Gasteiger partial charge is 0.409 e. The lowest BCUT2D eigenvalue weighted by atomic mass is 9.96. The first-order chi connectivity index (χ1) is 11.2. The van der Waals surface area contributed by atoms with Crippen molar-refractivity contribution in [2.24, 2.45) is 5.92 Å². The molecule has 1 aromatic carbocycles. The van der Waals surface area contributed by atoms with Gasteiger partial charge in [0.05, 0.1) is 12.5 Å². The van der Waals surface area contributed by atoms with Crippen LogP contribution in [0, 0.1) is 5.92 Å². The third kappa shape index (κ3) is 4.34. The number of carbonyl (C=O) groups excluding carboxylic acids is 2. The van der Waals surface area contributed by atoms with E-state index in [2.05, 4.69) is 6.58 Å². The van der Waals surface area contributed by atoms with Gasteiger partial charge in [-0.05, 0) is 31.9 Å². The molecule has 124 valence electrons. The summed E-state index contributed by atoms with van der Waals surface area (Å²) >= 11 is 0. The molecule has 1 saturated heterocycles. The summed E-state index contributed by atoms with van der Waals surface area (Å²) in [4.78, 5) is 28.2. The molecule has 0 aliphatic carbocycles. The lowest BCUT2D eigenvalue weighted by molar-refractivity contribution is -0.123. The summed E-state index contributed by atoms with van der Waals surface area (Å²) in [5.41, 5.74) is 0.852. The van der Waals surface area contributed by atoms with E-state index in [0.29, 0.717) is 26.2 Å². The zero-order valence-electron chi connectivity index (χ0n) is 13.6. The first kappa shape index (κ1) is 17.1. The van der Waals surface area contributed by atoms with Crippen LogP contribution >= 0.6 is 0 Å². The van der Waals surface area contributed by atoms with Crippen molar-refractivity contribution in [3.05, 3.63) is 43.0 Å². The van der Waals surface area contributed by atoms with Crippen LogP contribution in [-0.2, 0) is 9.53 Å². The summed E-state index contributed by atoms with van der Waals surface area (Å²) in [6.07, 6.45) is 2.98. The number of amides is 2. The van der Waals surface area contributed by atoms with Crippen molar-refractivity contribution in [1.29, 1.82) is 0 Å². The maximum Gasteiger partial charge on any atom is 0.409 e. The highest BCUT2D eigenvalue weighted by atomic mass is 16.6. The van der Waals surface area contributed by atoms with Crippen LogP contribution < -0.4 is 4.90 Å². The average Bonchev–Trinajstić information content (AvgIpc) is 2.60. The number of likely N-dealkylation sites (tertiary alicyclic amines) is 1. The van der Waals surface area contributed by atoms with Crippen LogP contribution in [0.1, 0.15) is 19.8 Å². The second kappa shape index (κ2) is 8.36. The Morgan fingerprint density at radius 2 is 2.13 bits per heavy atom. The highest BCUT2D eigenvalue weighted by Gasteiger charge is 2.32. The maximum atomic E-state index is 12.9. The normalized spacial score (nSPS) is 17.4. The van der Waals surface area contributed by atoms with E-state index in [1.54, 1.807) is 22.8 Å². The van der Waals surface area contributed by atoms with Crippen molar-refractivity contribution in [2.45, 2.75) is 19.8 Å². The van der Waals surface area contributed by atoms with Gasteiger partial charge in [-0.15, -0.1) is 6.58 Å². The standard InChI is InChI=1S/C18H24N2O3/c1-3-12-20(16-10-6-5-7-11-16)17(21)15-9-8-13-19(14-15)18(22)23-4-2/h3,5-7,10-11,15H,1,4,8-9,12-14H2,2H3. The molecule has 0 radical (unpaired) electrons. The fraction of sp³-hybridized carbons (Fsp3) is 0.444. The van der Waals surface area contributed by atoms with Gasteiger partial charge in [0.15, 0.2) is 0 Å². The summed E-state index contributed by atoms with van der Waals surface area (Å²) in [5, 5.41) is 0. The Morgan fingerprint density at radius 3 is 2.78 bits per heavy atom. The topological polar surface area (TPSA) is 49.9 Å². The highest BCUT2D eigenvalue weighted by molar-refractivity contribution is 5.95. The van der Waals surface area contributed by atoms with Crippen molar-refractivity contribution >= 4 is 17.7 Å². The fourth-order valence-corrected chi connectivity index (χ4v) is 2.84. The fourth-order valence-electron chi connectivity index (χ4n) is 2.84. The average molecular weight is 316 g/mol. The van der Waals surface area contributed by atoms with E-state index < -0.39 is 0 Å². The number of para-hydroxylation sites is 1. The molecule has 1 unspecified atom stereocenters. The van der Waals surface area contributed by atoms with E-state index >= 15 is 0 Å². The summed E-state index contributed by atoms with van der Waals surface area (Å²) in [5.74, 6) is -0.168. The number of nitrogens with zero attached hydrogens (tertiary/aromatic N) is 2. The van der Waals surface area contributed by atoms with E-state index in [9.17, 15) is 9.59 Å². The van der Waals surface area contributed by atoms with Crippen molar-refractivity contribution in [3.63, 3.8) is 0 Å². The Morgan fingerprint density at radius 1 is 1.39 bits per heavy atom. The summed E-state index contributed by atoms with van der Waals surface area (Å²) < 4.78 is 5.05. The van der Waals surface area contributed by atoms with Crippen molar-refractivity contribution in [2.75, 3.05) is 31.1 Å². The van der Waals surface area contributed by atoms with E-state index in [4.69, 9.17) is 4.74 Å². The number of piperidine rings is 1. The molecule has 2 amide bonds. The lowest BCUT2D eigenvalue weighted by Crippen LogP contribution is -2.47. The number of anilines is 1. The van der Waals surface area contributed by atoms with Crippen LogP contribution in [0.25, 0.3) is 0 Å². The van der Waals surface area contributed by atoms with Gasteiger partial charge < -0.3 is 14.5 Å². The minimum atomic E-state index is -0.333. The second-order valence-electron chi connectivity index (χ2n) is 5.56. The second-order valence-corrected chi connectivity index (χ2v) is 5.56. The van der Waals surface area contributed by atoms with Crippen LogP contribution in [0.5, 0.6) is 0 Å². The quantitative estimate of drug-likeness (QED) is 0.784. The molecule has 1 heterocycles. The Hall–Kier alpha value is -2.30. The first-order valence-corrected chi connectivity index (χ1v) is 8.06. The SMILES string of the molecule is C=CCN(C(=O)C1CCCN(C(=O)OCC)C1)c1ccccc1. The van der Waals surface area contributed by atoms with Crippen LogP contribution in [0.3, 0.4) is 0 Å². The van der Waals surface area contributed by atoms with Gasteiger partial charge in [-0.2, -0.15) is 0 Å². The number of hydrogen-bond acceptors (Lipinski definition) is 3. The number of hydrogen-bond donors (Lipinski definition) is 0. The monoisotopic (exact) mass is 316 g/mol. The minimum absolute atomic E-state index is 0.0325. The zero-order valence-corrected chi connectivity index (χ0v) is 13.6. The molecule has 23 heavy (non-hydrogen) atoms. The van der Waals surface area contributed by atoms with Gasteiger partial charge in [-0.1, -0.05) is 24.3 Å². The lowest BCUT2D eigenvalue weighted by Gasteiger charge is -2.34. The van der Waals surface area contributed by atoms with Crippen LogP contribution in [0.2, 0.25) is 0 Å². The molecule has 1 atom stereocenters. The molecular weight excluding hydrogens is 292 g/mol. The van der Waals surface area contributed by atoms with Crippen molar-refractivity contribution in [1.82, 2.24) is 4.90 Å². The van der Waals surface area contributed by atoms with Crippen molar-refractivity contribution < 1.29 is 14.3 Å². The van der Waals surface area contributed by atoms with Crippen molar-refractivity contribution in [3.8, 4) is 0 Å². The molecule has 0 aromatic heterocycles. The third-order valence-corrected chi connectivity index (χ3v) is 3.94. The molecule has 0 N–H and O–H groups in total. The highest BCUT2D eigenvalue weighted by Crippen LogP contribution is 2.23. The van der Waals surface area contributed by atoms with Gasteiger partial charge in [0, 0.05) is 25.3 Å². The molecule has 0 bridgehead atoms. The Bertz CT molecular complexity index is 544. The Balaban J connectivity index is 2.10. The molecule has 1 aliphatic heterocycles. The van der Waals surface area contributed by atoms with Gasteiger partial charge in [0.1, 0.15) is 0 Å². The van der Waals surface area contributed by atoms with Gasteiger partial charge in [-0.3, -0.25) is 4.79 Å². The molecule has 5 heteroatoms. The predicted molar refractivity (Wildman–Crippen MR) is 90.3 cm³/mol. The number of ether oxygens (including phenoxy) is 1. The number of benzene rings is 1. The molecule has 1 fully saturated rings. The largest absolute Gasteiger partial charge is 0.450 e. The first-order valence-electron chi connectivity index (χ1n) is 8.06. The number of rotatable bonds is 5. The van der Waals surface area contributed by atoms with Gasteiger partial charge in [0.25, 0.3) is 0 Å². The van der Waals surface area contributed by atoms with E-state index in [1.807, 2.05) is 30.3 Å². The predicted octanol–water partition coefficient (Wildman–Crippen LogP) is 3.07. The van der Waals surface area contributed by atoms with Gasteiger partial charge in [-0.25, -0.2) is 4.79 Å². The van der Waals surface area contributed by atoms with Gasteiger partial charge in [0.2, 0.25) is 5.91 Å². The van der Waals surface area contributed by atoms with Gasteiger partial charge >= 0.3 is 6.09 Å². The van der Waals surface area contributed by atoms with Crippen LogP contribution in [0.4, 0.5) is 10.5 Å². The molecule has 0 saturated carbocycles. The third-order valence-electron chi connectivity index (χ3n) is 3.94. The molecule has 1 aromatic rings. The molecule has 2 rings (SSSR count). The summed E-state index contributed by atoms with van der Waals surface area (Å²) in [7, 11) is 0. The molecule has 1 aliphatic rings. The summed E-state index contributed by atoms with van der Waals surface area (Å²) in [6, 6.07) is 9.55. The number of carbonyl (C=O) groups is 2. The van der Waals surface area contributed by atoms with E-state index in [1.165, 1.54) is 0 Å². The zero-order chi connectivity index (χ0) is 16.7.